The van der Waals surface area contributed by atoms with Crippen molar-refractivity contribution in [2.75, 3.05) is 45.0 Å². The summed E-state index contributed by atoms with van der Waals surface area (Å²) in [5.41, 5.74) is -0.397. The van der Waals surface area contributed by atoms with Gasteiger partial charge in [-0.1, -0.05) is 0 Å². The molecule has 2 rings (SSSR count). The summed E-state index contributed by atoms with van der Waals surface area (Å²) in [6.45, 7) is 3.46. The van der Waals surface area contributed by atoms with Gasteiger partial charge in [0.05, 0.1) is 29.1 Å². The average molecular weight is 435 g/mol. The fourth-order valence-corrected chi connectivity index (χ4v) is 3.78. The van der Waals surface area contributed by atoms with Gasteiger partial charge in [0.1, 0.15) is 0 Å². The highest BCUT2D eigenvalue weighted by Crippen LogP contribution is 2.31. The van der Waals surface area contributed by atoms with Crippen molar-refractivity contribution in [1.82, 2.24) is 5.32 Å². The van der Waals surface area contributed by atoms with E-state index >= 15 is 0 Å². The van der Waals surface area contributed by atoms with Gasteiger partial charge >= 0.3 is 5.97 Å². The van der Waals surface area contributed by atoms with Crippen LogP contribution in [0.3, 0.4) is 0 Å². The van der Waals surface area contributed by atoms with Gasteiger partial charge in [-0.05, 0) is 51.1 Å². The van der Waals surface area contributed by atoms with Crippen molar-refractivity contribution in [3.63, 3.8) is 0 Å². The lowest BCUT2D eigenvalue weighted by Gasteiger charge is -2.35. The molecule has 0 saturated carbocycles. The van der Waals surface area contributed by atoms with Crippen LogP contribution in [0.2, 0.25) is 0 Å². The molecule has 0 aromatic heterocycles. The Balaban J connectivity index is 0.00000392. The summed E-state index contributed by atoms with van der Waals surface area (Å²) in [5.74, 6) is -0.904. The number of rotatable bonds is 7. The van der Waals surface area contributed by atoms with Crippen molar-refractivity contribution in [1.29, 1.82) is 0 Å². The summed E-state index contributed by atoms with van der Waals surface area (Å²) in [6, 6.07) is 4.02. The summed E-state index contributed by atoms with van der Waals surface area (Å²) in [6.07, 6.45) is 2.24. The van der Waals surface area contributed by atoms with Crippen LogP contribution in [-0.2, 0) is 24.1 Å². The van der Waals surface area contributed by atoms with Crippen molar-refractivity contribution in [2.45, 2.75) is 24.7 Å². The first-order valence-corrected chi connectivity index (χ1v) is 10.6. The van der Waals surface area contributed by atoms with Crippen LogP contribution in [0.25, 0.3) is 0 Å². The number of sulfone groups is 1. The highest BCUT2D eigenvalue weighted by Gasteiger charge is 2.39. The second-order valence-corrected chi connectivity index (χ2v) is 8.67. The maximum atomic E-state index is 13.0. The van der Waals surface area contributed by atoms with E-state index in [1.807, 2.05) is 0 Å². The topological polar surface area (TPSA) is 111 Å². The molecule has 0 bridgehead atoms. The quantitative estimate of drug-likeness (QED) is 0.627. The summed E-state index contributed by atoms with van der Waals surface area (Å²) >= 11 is 0. The van der Waals surface area contributed by atoms with Crippen LogP contribution in [0.1, 0.15) is 30.1 Å². The predicted molar refractivity (Wildman–Crippen MR) is 108 cm³/mol. The van der Waals surface area contributed by atoms with Gasteiger partial charge in [-0.15, -0.1) is 12.4 Å². The molecule has 1 aromatic carbocycles. The van der Waals surface area contributed by atoms with E-state index in [4.69, 9.17) is 9.47 Å². The minimum Gasteiger partial charge on any atom is -0.462 e. The minimum absolute atomic E-state index is 0. The zero-order valence-electron chi connectivity index (χ0n) is 16.2. The van der Waals surface area contributed by atoms with Crippen LogP contribution in [0.4, 0.5) is 5.69 Å². The molecule has 1 amide bonds. The number of esters is 1. The van der Waals surface area contributed by atoms with E-state index in [1.54, 1.807) is 14.0 Å². The third kappa shape index (κ3) is 5.91. The number of ether oxygens (including phenoxy) is 2. The molecule has 1 saturated heterocycles. The average Bonchev–Trinajstić information content (AvgIpc) is 2.62. The van der Waals surface area contributed by atoms with Gasteiger partial charge in [0.25, 0.3) is 0 Å². The smallest absolute Gasteiger partial charge is 0.338 e. The van der Waals surface area contributed by atoms with Crippen molar-refractivity contribution in [3.8, 4) is 0 Å². The van der Waals surface area contributed by atoms with E-state index in [1.165, 1.54) is 18.2 Å². The number of carbonyl (C=O) groups excluding carboxylic acids is 2. The van der Waals surface area contributed by atoms with Crippen LogP contribution in [0.15, 0.2) is 23.1 Å². The molecule has 0 aliphatic carbocycles. The first-order chi connectivity index (χ1) is 12.7. The van der Waals surface area contributed by atoms with Crippen LogP contribution in [0, 0.1) is 5.41 Å². The number of hydrogen-bond acceptors (Lipinski definition) is 7. The van der Waals surface area contributed by atoms with E-state index in [9.17, 15) is 18.0 Å². The molecule has 158 valence electrons. The Morgan fingerprint density at radius 1 is 1.21 bits per heavy atom. The van der Waals surface area contributed by atoms with Gasteiger partial charge < -0.3 is 20.1 Å². The van der Waals surface area contributed by atoms with Gasteiger partial charge in [0.15, 0.2) is 9.84 Å². The summed E-state index contributed by atoms with van der Waals surface area (Å²) in [7, 11) is -2.03. The van der Waals surface area contributed by atoms with Crippen molar-refractivity contribution in [3.05, 3.63) is 23.8 Å². The van der Waals surface area contributed by atoms with Crippen molar-refractivity contribution >= 4 is 39.8 Å². The van der Waals surface area contributed by atoms with Crippen LogP contribution in [0.5, 0.6) is 0 Å². The normalized spacial score (nSPS) is 16.0. The van der Waals surface area contributed by atoms with Crippen LogP contribution >= 0.6 is 12.4 Å². The summed E-state index contributed by atoms with van der Waals surface area (Å²) < 4.78 is 34.2. The number of carbonyl (C=O) groups is 2. The Morgan fingerprint density at radius 2 is 1.86 bits per heavy atom. The maximum Gasteiger partial charge on any atom is 0.338 e. The summed E-state index contributed by atoms with van der Waals surface area (Å²) in [5, 5.41) is 5.98. The second-order valence-electron chi connectivity index (χ2n) is 6.66. The number of benzene rings is 1. The van der Waals surface area contributed by atoms with Gasteiger partial charge in [-0.3, -0.25) is 4.79 Å². The third-order valence-electron chi connectivity index (χ3n) is 4.57. The molecule has 0 atom stereocenters. The number of amides is 1. The Hall–Kier alpha value is -1.68. The Bertz CT molecular complexity index is 801. The molecule has 0 radical (unpaired) electrons. The number of anilines is 1. The molecule has 0 unspecified atom stereocenters. The van der Waals surface area contributed by atoms with Crippen LogP contribution < -0.4 is 10.6 Å². The summed E-state index contributed by atoms with van der Waals surface area (Å²) in [4.78, 5) is 25.0. The molecular weight excluding hydrogens is 408 g/mol. The molecule has 1 aromatic rings. The van der Waals surface area contributed by atoms with E-state index in [0.717, 1.165) is 6.26 Å². The molecule has 0 spiro atoms. The number of halogens is 1. The van der Waals surface area contributed by atoms with E-state index in [-0.39, 0.29) is 47.7 Å². The van der Waals surface area contributed by atoms with Gasteiger partial charge in [-0.25, -0.2) is 13.2 Å². The lowest BCUT2D eigenvalue weighted by atomic mass is 9.78. The molecular formula is C18H27ClN2O6S. The fourth-order valence-electron chi connectivity index (χ4n) is 3.10. The zero-order valence-corrected chi connectivity index (χ0v) is 17.9. The molecule has 1 heterocycles. The Labute approximate surface area is 171 Å². The number of hydrogen-bond donors (Lipinski definition) is 2. The maximum absolute atomic E-state index is 13.0. The van der Waals surface area contributed by atoms with Crippen LogP contribution in [-0.4, -0.2) is 60.0 Å². The van der Waals surface area contributed by atoms with Crippen molar-refractivity contribution < 1.29 is 27.5 Å². The van der Waals surface area contributed by atoms with Crippen molar-refractivity contribution in [2.24, 2.45) is 5.41 Å². The number of piperidine rings is 1. The predicted octanol–water partition coefficient (Wildman–Crippen LogP) is 1.64. The van der Waals surface area contributed by atoms with Gasteiger partial charge in [-0.2, -0.15) is 0 Å². The standard InChI is InChI=1S/C18H26N2O6S.ClH/c1-4-26-16(21)13-9-14(11-15(10-13)27(3,23)24)20-17(22)18(12-25-2)5-7-19-8-6-18;/h9-11,19H,4-8,12H2,1-3H3,(H,20,22);1H. The second kappa shape index (κ2) is 10.2. The highest BCUT2D eigenvalue weighted by molar-refractivity contribution is 7.90. The molecule has 10 heteroatoms. The van der Waals surface area contributed by atoms with E-state index < -0.39 is 21.2 Å². The van der Waals surface area contributed by atoms with E-state index in [0.29, 0.717) is 25.9 Å². The largest absolute Gasteiger partial charge is 0.462 e. The lowest BCUT2D eigenvalue weighted by molar-refractivity contribution is -0.130. The fraction of sp³-hybridized carbons (Fsp3) is 0.556. The Kier molecular flexibility index (Phi) is 8.87. The number of nitrogens with one attached hydrogen (secondary N) is 2. The first-order valence-electron chi connectivity index (χ1n) is 8.75. The highest BCUT2D eigenvalue weighted by atomic mass is 35.5. The molecule has 8 nitrogen and oxygen atoms in total. The Morgan fingerprint density at radius 3 is 2.39 bits per heavy atom. The molecule has 2 N–H and O–H groups in total. The monoisotopic (exact) mass is 434 g/mol. The minimum atomic E-state index is -3.58. The third-order valence-corrected chi connectivity index (χ3v) is 5.66. The van der Waals surface area contributed by atoms with E-state index in [2.05, 4.69) is 10.6 Å². The first kappa shape index (κ1) is 24.4. The molecule has 1 aliphatic rings. The molecule has 1 aliphatic heterocycles. The lowest BCUT2D eigenvalue weighted by Crippen LogP contribution is -2.47. The van der Waals surface area contributed by atoms with Gasteiger partial charge in [0.2, 0.25) is 5.91 Å². The SMILES string of the molecule is CCOC(=O)c1cc(NC(=O)C2(COC)CCNCC2)cc(S(C)(=O)=O)c1.Cl. The zero-order chi connectivity index (χ0) is 20.1. The van der Waals surface area contributed by atoms with Gasteiger partial charge in [0, 0.05) is 19.1 Å². The molecule has 1 fully saturated rings. The number of methoxy groups -OCH3 is 1. The molecule has 28 heavy (non-hydrogen) atoms.